The van der Waals surface area contributed by atoms with E-state index in [-0.39, 0.29) is 0 Å². The van der Waals surface area contributed by atoms with E-state index in [0.29, 0.717) is 5.12 Å². The van der Waals surface area contributed by atoms with Crippen LogP contribution in [0.5, 0.6) is 0 Å². The molecule has 0 aromatic heterocycles. The summed E-state index contributed by atoms with van der Waals surface area (Å²) in [6.45, 7) is 2.26. The van der Waals surface area contributed by atoms with Crippen LogP contribution in [0.4, 0.5) is 0 Å². The molecular formula is C17H33BrOS. The van der Waals surface area contributed by atoms with Crippen LogP contribution in [0.15, 0.2) is 0 Å². The third-order valence-electron chi connectivity index (χ3n) is 3.53. The lowest BCUT2D eigenvalue weighted by Crippen LogP contribution is -1.94. The Balaban J connectivity index is 3.09. The van der Waals surface area contributed by atoms with Crippen molar-refractivity contribution in [1.29, 1.82) is 0 Å². The predicted octanol–water partition coefficient (Wildman–Crippen LogP) is 6.73. The van der Waals surface area contributed by atoms with Gasteiger partial charge in [-0.1, -0.05) is 92.4 Å². The molecule has 0 heterocycles. The van der Waals surface area contributed by atoms with Gasteiger partial charge in [-0.2, -0.15) is 0 Å². The SMILES string of the molecule is CCCCCCCCCCCSC(=O)CCCCCBr. The summed E-state index contributed by atoms with van der Waals surface area (Å²) in [5, 5.41) is 1.46. The van der Waals surface area contributed by atoms with Gasteiger partial charge in [0.25, 0.3) is 0 Å². The van der Waals surface area contributed by atoms with E-state index in [0.717, 1.165) is 23.9 Å². The van der Waals surface area contributed by atoms with Crippen molar-refractivity contribution < 1.29 is 4.79 Å². The zero-order chi connectivity index (χ0) is 14.9. The van der Waals surface area contributed by atoms with Crippen LogP contribution < -0.4 is 0 Å². The van der Waals surface area contributed by atoms with E-state index in [1.54, 1.807) is 11.8 Å². The second kappa shape index (κ2) is 17.6. The molecule has 0 aliphatic heterocycles. The van der Waals surface area contributed by atoms with Gasteiger partial charge in [-0.05, 0) is 19.3 Å². The van der Waals surface area contributed by atoms with E-state index >= 15 is 0 Å². The topological polar surface area (TPSA) is 17.1 Å². The summed E-state index contributed by atoms with van der Waals surface area (Å²) in [4.78, 5) is 11.6. The Hall–Kier alpha value is 0.500. The molecule has 120 valence electrons. The van der Waals surface area contributed by atoms with Gasteiger partial charge in [-0.3, -0.25) is 4.79 Å². The number of hydrogen-bond donors (Lipinski definition) is 0. The molecule has 0 spiro atoms. The van der Waals surface area contributed by atoms with Crippen LogP contribution in [0.1, 0.15) is 90.4 Å². The van der Waals surface area contributed by atoms with Gasteiger partial charge in [0.2, 0.25) is 0 Å². The molecule has 0 rings (SSSR count). The molecule has 0 amide bonds. The van der Waals surface area contributed by atoms with Crippen LogP contribution in [0, 0.1) is 0 Å². The first kappa shape index (κ1) is 20.5. The third-order valence-corrected chi connectivity index (χ3v) is 5.11. The summed E-state index contributed by atoms with van der Waals surface area (Å²) in [6, 6.07) is 0. The Bertz CT molecular complexity index is 209. The van der Waals surface area contributed by atoms with Crippen molar-refractivity contribution in [2.75, 3.05) is 11.1 Å². The lowest BCUT2D eigenvalue weighted by Gasteiger charge is -2.02. The fourth-order valence-corrected chi connectivity index (χ4v) is 3.47. The molecule has 0 saturated heterocycles. The maximum Gasteiger partial charge on any atom is 0.188 e. The summed E-state index contributed by atoms with van der Waals surface area (Å²) < 4.78 is 0. The number of thioether (sulfide) groups is 1. The van der Waals surface area contributed by atoms with Gasteiger partial charge in [0, 0.05) is 17.5 Å². The number of hydrogen-bond acceptors (Lipinski definition) is 2. The van der Waals surface area contributed by atoms with Crippen molar-refractivity contribution in [3.8, 4) is 0 Å². The second-order valence-corrected chi connectivity index (χ2v) is 7.49. The highest BCUT2D eigenvalue weighted by molar-refractivity contribution is 9.09. The monoisotopic (exact) mass is 364 g/mol. The molecule has 0 aliphatic rings. The molecular weight excluding hydrogens is 332 g/mol. The van der Waals surface area contributed by atoms with Crippen molar-refractivity contribution in [3.63, 3.8) is 0 Å². The molecule has 0 aromatic carbocycles. The van der Waals surface area contributed by atoms with Crippen LogP contribution in [0.3, 0.4) is 0 Å². The summed E-state index contributed by atoms with van der Waals surface area (Å²) in [6.07, 6.45) is 16.4. The zero-order valence-electron chi connectivity index (χ0n) is 13.3. The zero-order valence-corrected chi connectivity index (χ0v) is 15.7. The molecule has 0 saturated carbocycles. The van der Waals surface area contributed by atoms with Crippen molar-refractivity contribution >= 4 is 32.8 Å². The summed E-state index contributed by atoms with van der Waals surface area (Å²) in [5.74, 6) is 1.03. The predicted molar refractivity (Wildman–Crippen MR) is 97.0 cm³/mol. The van der Waals surface area contributed by atoms with E-state index in [9.17, 15) is 4.79 Å². The lowest BCUT2D eigenvalue weighted by atomic mass is 10.1. The Labute approximate surface area is 139 Å². The van der Waals surface area contributed by atoms with E-state index in [1.807, 2.05) is 0 Å². The number of halogens is 1. The molecule has 0 unspecified atom stereocenters. The Morgan fingerprint density at radius 3 is 1.95 bits per heavy atom. The average Bonchev–Trinajstić information content (AvgIpc) is 2.45. The quantitative estimate of drug-likeness (QED) is 0.236. The number of unbranched alkanes of at least 4 members (excludes halogenated alkanes) is 10. The van der Waals surface area contributed by atoms with Crippen LogP contribution in [-0.2, 0) is 4.79 Å². The molecule has 20 heavy (non-hydrogen) atoms. The highest BCUT2D eigenvalue weighted by Crippen LogP contribution is 2.14. The van der Waals surface area contributed by atoms with Gasteiger partial charge in [0.1, 0.15) is 0 Å². The largest absolute Gasteiger partial charge is 0.287 e. The third kappa shape index (κ3) is 16.6. The minimum absolute atomic E-state index is 0.402. The van der Waals surface area contributed by atoms with Gasteiger partial charge in [-0.15, -0.1) is 0 Å². The van der Waals surface area contributed by atoms with Gasteiger partial charge < -0.3 is 0 Å². The Morgan fingerprint density at radius 1 is 0.800 bits per heavy atom. The lowest BCUT2D eigenvalue weighted by molar-refractivity contribution is -0.111. The summed E-state index contributed by atoms with van der Waals surface area (Å²) >= 11 is 4.97. The first-order valence-corrected chi connectivity index (χ1v) is 10.6. The highest BCUT2D eigenvalue weighted by atomic mass is 79.9. The van der Waals surface area contributed by atoms with Crippen LogP contribution in [-0.4, -0.2) is 16.2 Å². The number of rotatable bonds is 15. The molecule has 0 N–H and O–H groups in total. The van der Waals surface area contributed by atoms with Gasteiger partial charge in [0.05, 0.1) is 0 Å². The minimum Gasteiger partial charge on any atom is -0.287 e. The molecule has 0 bridgehead atoms. The molecule has 0 fully saturated rings. The number of alkyl halides is 1. The smallest absolute Gasteiger partial charge is 0.188 e. The Morgan fingerprint density at radius 2 is 1.35 bits per heavy atom. The normalized spacial score (nSPS) is 10.9. The summed E-state index contributed by atoms with van der Waals surface area (Å²) in [7, 11) is 0. The van der Waals surface area contributed by atoms with Crippen LogP contribution in [0.25, 0.3) is 0 Å². The number of carbonyl (C=O) groups excluding carboxylic acids is 1. The fraction of sp³-hybridized carbons (Fsp3) is 0.941. The summed E-state index contributed by atoms with van der Waals surface area (Å²) in [5.41, 5.74) is 0. The van der Waals surface area contributed by atoms with Gasteiger partial charge in [0.15, 0.2) is 5.12 Å². The molecule has 0 aliphatic carbocycles. The maximum absolute atomic E-state index is 11.6. The average molecular weight is 365 g/mol. The minimum atomic E-state index is 0.402. The maximum atomic E-state index is 11.6. The Kier molecular flexibility index (Phi) is 18.0. The standard InChI is InChI=1S/C17H33BrOS/c1-2-3-4-5-6-7-8-9-13-16-20-17(19)14-11-10-12-15-18/h2-16H2,1H3. The first-order chi connectivity index (χ1) is 9.81. The van der Waals surface area contributed by atoms with Crippen molar-refractivity contribution in [2.24, 2.45) is 0 Å². The van der Waals surface area contributed by atoms with E-state index in [1.165, 1.54) is 70.6 Å². The van der Waals surface area contributed by atoms with Crippen LogP contribution >= 0.6 is 27.7 Å². The molecule has 0 atom stereocenters. The van der Waals surface area contributed by atoms with Gasteiger partial charge >= 0.3 is 0 Å². The molecule has 0 aromatic rings. The molecule has 1 nitrogen and oxygen atoms in total. The van der Waals surface area contributed by atoms with Crippen LogP contribution in [0.2, 0.25) is 0 Å². The van der Waals surface area contributed by atoms with Gasteiger partial charge in [-0.25, -0.2) is 0 Å². The number of carbonyl (C=O) groups is 1. The van der Waals surface area contributed by atoms with Crippen molar-refractivity contribution in [2.45, 2.75) is 90.4 Å². The molecule has 3 heteroatoms. The first-order valence-electron chi connectivity index (χ1n) is 8.52. The second-order valence-electron chi connectivity index (χ2n) is 5.55. The highest BCUT2D eigenvalue weighted by Gasteiger charge is 2.02. The fourth-order valence-electron chi connectivity index (χ4n) is 2.21. The van der Waals surface area contributed by atoms with E-state index in [4.69, 9.17) is 0 Å². The van der Waals surface area contributed by atoms with E-state index < -0.39 is 0 Å². The van der Waals surface area contributed by atoms with Crippen molar-refractivity contribution in [3.05, 3.63) is 0 Å². The molecule has 0 radical (unpaired) electrons. The van der Waals surface area contributed by atoms with Crippen molar-refractivity contribution in [1.82, 2.24) is 0 Å². The van der Waals surface area contributed by atoms with E-state index in [2.05, 4.69) is 22.9 Å².